The highest BCUT2D eigenvalue weighted by Crippen LogP contribution is 2.34. The number of hydrogen-bond acceptors (Lipinski definition) is 5. The van der Waals surface area contributed by atoms with E-state index >= 15 is 0 Å². The van der Waals surface area contributed by atoms with Crippen molar-refractivity contribution in [3.05, 3.63) is 69.4 Å². The van der Waals surface area contributed by atoms with E-state index in [2.05, 4.69) is 20.8 Å². The van der Waals surface area contributed by atoms with Crippen molar-refractivity contribution in [2.24, 2.45) is 0 Å². The first-order valence-corrected chi connectivity index (χ1v) is 10.4. The maximum Gasteiger partial charge on any atom is 0.322 e. The van der Waals surface area contributed by atoms with Crippen molar-refractivity contribution in [3.63, 3.8) is 0 Å². The molecule has 0 saturated carbocycles. The third kappa shape index (κ3) is 4.58. The Hall–Kier alpha value is -3.04. The van der Waals surface area contributed by atoms with Crippen molar-refractivity contribution >= 4 is 46.3 Å². The minimum absolute atomic E-state index is 0.177. The van der Waals surface area contributed by atoms with Crippen molar-refractivity contribution in [3.8, 4) is 0 Å². The molecule has 154 valence electrons. The molecule has 1 fully saturated rings. The van der Waals surface area contributed by atoms with Gasteiger partial charge in [0.15, 0.2) is 0 Å². The molecular weight excluding hydrogens is 429 g/mol. The number of carbonyl (C=O) groups excluding carboxylic acids is 2. The summed E-state index contributed by atoms with van der Waals surface area (Å²) in [4.78, 5) is 26.8. The van der Waals surface area contributed by atoms with Gasteiger partial charge in [-0.1, -0.05) is 29.0 Å². The Balaban J connectivity index is 1.44. The van der Waals surface area contributed by atoms with Crippen LogP contribution in [-0.2, 0) is 0 Å². The van der Waals surface area contributed by atoms with E-state index in [1.54, 1.807) is 29.2 Å². The van der Waals surface area contributed by atoms with Crippen LogP contribution in [0.15, 0.2) is 48.5 Å². The van der Waals surface area contributed by atoms with Crippen LogP contribution < -0.4 is 10.6 Å². The summed E-state index contributed by atoms with van der Waals surface area (Å²) in [6.45, 7) is 0.577. The molecule has 1 aliphatic rings. The monoisotopic (exact) mass is 445 g/mol. The van der Waals surface area contributed by atoms with Gasteiger partial charge in [0.1, 0.15) is 10.8 Å². The number of nitrogens with one attached hydrogen (secondary N) is 2. The SMILES string of the molecule is O=C(Nc1ccc(F)cc1)c1nnc(C2CCCN2C(=O)Nc2cccc(Cl)c2)s1. The zero-order chi connectivity index (χ0) is 21.1. The van der Waals surface area contributed by atoms with E-state index in [0.717, 1.165) is 24.2 Å². The first-order chi connectivity index (χ1) is 14.5. The summed E-state index contributed by atoms with van der Waals surface area (Å²) in [5.74, 6) is -0.818. The van der Waals surface area contributed by atoms with Gasteiger partial charge in [-0.15, -0.1) is 10.2 Å². The number of rotatable bonds is 4. The van der Waals surface area contributed by atoms with Crippen LogP contribution >= 0.6 is 22.9 Å². The average molecular weight is 446 g/mol. The molecule has 2 N–H and O–H groups in total. The smallest absolute Gasteiger partial charge is 0.320 e. The molecule has 4 rings (SSSR count). The lowest BCUT2D eigenvalue weighted by atomic mass is 10.2. The van der Waals surface area contributed by atoms with Crippen LogP contribution in [-0.4, -0.2) is 33.6 Å². The molecule has 3 amide bonds. The Morgan fingerprint density at radius 3 is 2.67 bits per heavy atom. The normalized spacial score (nSPS) is 15.8. The fourth-order valence-corrected chi connectivity index (χ4v) is 4.28. The molecule has 30 heavy (non-hydrogen) atoms. The largest absolute Gasteiger partial charge is 0.322 e. The minimum atomic E-state index is -0.432. The number of aromatic nitrogens is 2. The van der Waals surface area contributed by atoms with Gasteiger partial charge >= 0.3 is 6.03 Å². The first-order valence-electron chi connectivity index (χ1n) is 9.23. The van der Waals surface area contributed by atoms with Crippen LogP contribution in [0.2, 0.25) is 5.02 Å². The summed E-state index contributed by atoms with van der Waals surface area (Å²) in [6, 6.07) is 11.9. The number of halogens is 2. The quantitative estimate of drug-likeness (QED) is 0.594. The molecule has 3 aromatic rings. The number of hydrogen-bond donors (Lipinski definition) is 2. The number of urea groups is 1. The Labute approximate surface area is 180 Å². The number of nitrogens with zero attached hydrogens (tertiary/aromatic N) is 3. The summed E-state index contributed by atoms with van der Waals surface area (Å²) >= 11 is 7.11. The number of benzene rings is 2. The number of likely N-dealkylation sites (tertiary alicyclic amines) is 1. The summed E-state index contributed by atoms with van der Waals surface area (Å²) in [5.41, 5.74) is 1.07. The van der Waals surface area contributed by atoms with E-state index in [-0.39, 0.29) is 22.9 Å². The molecule has 1 atom stereocenters. The zero-order valence-corrected chi connectivity index (χ0v) is 17.2. The Morgan fingerprint density at radius 1 is 1.10 bits per heavy atom. The molecule has 1 aromatic heterocycles. The highest BCUT2D eigenvalue weighted by atomic mass is 35.5. The predicted molar refractivity (Wildman–Crippen MR) is 113 cm³/mol. The summed E-state index contributed by atoms with van der Waals surface area (Å²) in [5, 5.41) is 14.9. The van der Waals surface area contributed by atoms with E-state index in [9.17, 15) is 14.0 Å². The van der Waals surface area contributed by atoms with Crippen LogP contribution in [0.1, 0.15) is 33.7 Å². The number of anilines is 2. The second kappa shape index (κ2) is 8.76. The maximum atomic E-state index is 13.0. The van der Waals surface area contributed by atoms with E-state index in [1.807, 2.05) is 0 Å². The molecule has 0 spiro atoms. The molecular formula is C20H17ClFN5O2S. The molecule has 2 heterocycles. The zero-order valence-electron chi connectivity index (χ0n) is 15.6. The van der Waals surface area contributed by atoms with Gasteiger partial charge in [-0.05, 0) is 55.3 Å². The molecule has 0 bridgehead atoms. The van der Waals surface area contributed by atoms with Crippen molar-refractivity contribution in [1.29, 1.82) is 0 Å². The Kier molecular flexibility index (Phi) is 5.91. The lowest BCUT2D eigenvalue weighted by molar-refractivity contribution is 0.102. The van der Waals surface area contributed by atoms with Crippen LogP contribution in [0, 0.1) is 5.82 Å². The van der Waals surface area contributed by atoms with Crippen LogP contribution in [0.5, 0.6) is 0 Å². The van der Waals surface area contributed by atoms with Gasteiger partial charge in [-0.3, -0.25) is 4.79 Å². The lowest BCUT2D eigenvalue weighted by Crippen LogP contribution is -2.34. The Bertz CT molecular complexity index is 1080. The van der Waals surface area contributed by atoms with Crippen LogP contribution in [0.25, 0.3) is 0 Å². The highest BCUT2D eigenvalue weighted by molar-refractivity contribution is 7.13. The molecule has 1 unspecified atom stereocenters. The third-order valence-corrected chi connectivity index (χ3v) is 5.87. The summed E-state index contributed by atoms with van der Waals surface area (Å²) in [7, 11) is 0. The average Bonchev–Trinajstić information content (AvgIpc) is 3.39. The van der Waals surface area contributed by atoms with Gasteiger partial charge in [0.05, 0.1) is 6.04 Å². The van der Waals surface area contributed by atoms with E-state index in [4.69, 9.17) is 11.6 Å². The van der Waals surface area contributed by atoms with E-state index in [1.165, 1.54) is 24.3 Å². The standard InChI is InChI=1S/C20H17ClFN5O2S/c21-12-3-1-4-15(11-12)24-20(29)27-10-2-5-16(27)18-25-26-19(30-18)17(28)23-14-8-6-13(22)7-9-14/h1,3-4,6-9,11,16H,2,5,10H2,(H,23,28)(H,24,29). The van der Waals surface area contributed by atoms with Gasteiger partial charge in [0.2, 0.25) is 5.01 Å². The fourth-order valence-electron chi connectivity index (χ4n) is 3.21. The summed E-state index contributed by atoms with van der Waals surface area (Å²) in [6.07, 6.45) is 1.56. The molecule has 2 aromatic carbocycles. The molecule has 1 saturated heterocycles. The van der Waals surface area contributed by atoms with Gasteiger partial charge in [-0.25, -0.2) is 9.18 Å². The molecule has 7 nitrogen and oxygen atoms in total. The van der Waals surface area contributed by atoms with Gasteiger partial charge < -0.3 is 15.5 Å². The van der Waals surface area contributed by atoms with E-state index < -0.39 is 5.91 Å². The number of amides is 3. The van der Waals surface area contributed by atoms with Crippen LogP contribution in [0.4, 0.5) is 20.6 Å². The molecule has 0 radical (unpaired) electrons. The van der Waals surface area contributed by atoms with Gasteiger partial charge in [0.25, 0.3) is 5.91 Å². The third-order valence-electron chi connectivity index (χ3n) is 4.61. The maximum absolute atomic E-state index is 13.0. The molecule has 1 aliphatic heterocycles. The first kappa shape index (κ1) is 20.2. The van der Waals surface area contributed by atoms with Gasteiger partial charge in [-0.2, -0.15) is 0 Å². The highest BCUT2D eigenvalue weighted by Gasteiger charge is 2.33. The van der Waals surface area contributed by atoms with Crippen molar-refractivity contribution in [2.45, 2.75) is 18.9 Å². The lowest BCUT2D eigenvalue weighted by Gasteiger charge is -2.23. The second-order valence-electron chi connectivity index (χ2n) is 6.70. The van der Waals surface area contributed by atoms with Crippen molar-refractivity contribution in [2.75, 3.05) is 17.2 Å². The molecule has 10 heteroatoms. The summed E-state index contributed by atoms with van der Waals surface area (Å²) < 4.78 is 13.0. The van der Waals surface area contributed by atoms with Crippen molar-refractivity contribution < 1.29 is 14.0 Å². The predicted octanol–water partition coefficient (Wildman–Crippen LogP) is 4.95. The fraction of sp³-hybridized carbons (Fsp3) is 0.200. The topological polar surface area (TPSA) is 87.2 Å². The minimum Gasteiger partial charge on any atom is -0.320 e. The van der Waals surface area contributed by atoms with E-state index in [0.29, 0.717) is 27.9 Å². The number of carbonyl (C=O) groups is 2. The van der Waals surface area contributed by atoms with Gasteiger partial charge in [0, 0.05) is 22.9 Å². The Morgan fingerprint density at radius 2 is 1.90 bits per heavy atom. The van der Waals surface area contributed by atoms with Crippen molar-refractivity contribution in [1.82, 2.24) is 15.1 Å². The van der Waals surface area contributed by atoms with Crippen LogP contribution in [0.3, 0.4) is 0 Å². The molecule has 0 aliphatic carbocycles. The second-order valence-corrected chi connectivity index (χ2v) is 8.14.